The van der Waals surface area contributed by atoms with Crippen molar-refractivity contribution in [2.75, 3.05) is 0 Å². The summed E-state index contributed by atoms with van der Waals surface area (Å²) >= 11 is 0. The van der Waals surface area contributed by atoms with Crippen LogP contribution in [0.4, 0.5) is 0 Å². The summed E-state index contributed by atoms with van der Waals surface area (Å²) in [6.07, 6.45) is -12.5. The fourth-order valence-electron chi connectivity index (χ4n) is 10.5. The van der Waals surface area contributed by atoms with Crippen molar-refractivity contribution in [1.29, 1.82) is 0 Å². The minimum atomic E-state index is -2.16. The van der Waals surface area contributed by atoms with E-state index in [1.54, 1.807) is 30.3 Å². The third-order valence-electron chi connectivity index (χ3n) is 15.4. The predicted octanol–water partition coefficient (Wildman–Crippen LogP) is 14.8. The Morgan fingerprint density at radius 3 is 1.19 bits per heavy atom. The molecule has 0 aromatic heterocycles. The van der Waals surface area contributed by atoms with Crippen molar-refractivity contribution < 1.29 is 97.2 Å². The highest BCUT2D eigenvalue weighted by Gasteiger charge is 2.35. The summed E-state index contributed by atoms with van der Waals surface area (Å²) < 4.78 is 102. The maximum Gasteiger partial charge on any atom is 0.181 e. The van der Waals surface area contributed by atoms with Crippen molar-refractivity contribution in [2.24, 2.45) is 0 Å². The van der Waals surface area contributed by atoms with Crippen LogP contribution in [0.5, 0.6) is 86.2 Å². The molecule has 498 valence electrons. The average Bonchev–Trinajstić information content (AvgIpc) is 1.70. The summed E-state index contributed by atoms with van der Waals surface area (Å²) in [6, 6.07) is 68.9. The van der Waals surface area contributed by atoms with E-state index in [0.29, 0.717) is 47.3 Å². The third kappa shape index (κ3) is 16.3. The predicted molar refractivity (Wildman–Crippen MR) is 364 cm³/mol. The lowest BCUT2D eigenvalue weighted by Gasteiger charge is -2.31. The maximum atomic E-state index is 10.3. The first kappa shape index (κ1) is 58.5. The van der Waals surface area contributed by atoms with Gasteiger partial charge in [0.2, 0.25) is 0 Å². The van der Waals surface area contributed by atoms with E-state index >= 15 is 0 Å². The van der Waals surface area contributed by atoms with Gasteiger partial charge in [-0.1, -0.05) is 170 Å². The molecule has 11 aromatic rings. The van der Waals surface area contributed by atoms with E-state index in [9.17, 15) is 53.8 Å². The summed E-state index contributed by atoms with van der Waals surface area (Å²) in [5, 5.41) is 97.3. The van der Waals surface area contributed by atoms with Crippen LogP contribution in [0.3, 0.4) is 0 Å². The Balaban J connectivity index is 0.000000180. The second kappa shape index (κ2) is 30.5. The van der Waals surface area contributed by atoms with Gasteiger partial charge in [0.25, 0.3) is 0 Å². The number of aliphatic hydroxyl groups is 2. The van der Waals surface area contributed by atoms with Crippen LogP contribution in [0, 0.1) is 0 Å². The topological polar surface area (TPSA) is 276 Å². The molecule has 14 rings (SSSR count). The van der Waals surface area contributed by atoms with Gasteiger partial charge in [0.15, 0.2) is 40.6 Å². The number of phenols is 8. The minimum absolute atomic E-state index is 0.00155. The lowest BCUT2D eigenvalue weighted by atomic mass is 9.94. The number of benzene rings is 11. The van der Waals surface area contributed by atoms with Crippen LogP contribution in [-0.2, 0) is 50.6 Å². The summed E-state index contributed by atoms with van der Waals surface area (Å²) in [6.45, 7) is 1.22. The van der Waals surface area contributed by atoms with Crippen LogP contribution in [0.25, 0.3) is 6.05 Å². The van der Waals surface area contributed by atoms with Gasteiger partial charge in [-0.15, -0.1) is 0 Å². The van der Waals surface area contributed by atoms with Crippen molar-refractivity contribution in [2.45, 2.75) is 76.3 Å². The zero-order valence-corrected chi connectivity index (χ0v) is 52.2. The van der Waals surface area contributed by atoms with E-state index in [1.807, 2.05) is 152 Å². The SMILES string of the molecule is [2H]C1=C(OCc2ccccc2)C([2H])(c2ccc(OCc3ccccc3)c(OCc3ccccc3)c2)Oc2cc(OCc3ccccc3)cc(OCc3ccccc3)c21.[2H]C1c2c(O)cc(O)cc2OC([2H])(c2ccc(O)c(O)c2)[C@@H]1O.[2H]C1c2c(O)cc(O)cc2OC([2H])(c2ccc(O)c(O)c2)[C@H]1O. The Hall–Kier alpha value is -12.1. The molecular weight excluding hydrogens is 1250 g/mol. The smallest absolute Gasteiger partial charge is 0.181 e. The van der Waals surface area contributed by atoms with Gasteiger partial charge < -0.3 is 89.0 Å². The van der Waals surface area contributed by atoms with Gasteiger partial charge in [0, 0.05) is 68.6 Å². The van der Waals surface area contributed by atoms with E-state index in [1.165, 1.54) is 12.1 Å². The molecule has 3 aliphatic heterocycles. The fourth-order valence-corrected chi connectivity index (χ4v) is 10.5. The quantitative estimate of drug-likeness (QED) is 0.0358. The molecule has 5 unspecified atom stereocenters. The number of hydrogen-bond acceptors (Lipinski definition) is 18. The molecule has 7 atom stereocenters. The molecule has 3 heterocycles. The summed E-state index contributed by atoms with van der Waals surface area (Å²) in [5.74, 6) is -1.53. The number of aromatic hydroxyl groups is 8. The summed E-state index contributed by atoms with van der Waals surface area (Å²) in [4.78, 5) is 0. The molecule has 3 aliphatic rings. The molecule has 0 amide bonds. The minimum Gasteiger partial charge on any atom is -0.508 e. The molecule has 0 saturated carbocycles. The first-order valence-corrected chi connectivity index (χ1v) is 30.8. The van der Waals surface area contributed by atoms with Crippen molar-refractivity contribution in [1.82, 2.24) is 0 Å². The van der Waals surface area contributed by atoms with Crippen molar-refractivity contribution in [3.8, 4) is 86.2 Å². The number of fused-ring (bicyclic) bond motifs is 3. The fraction of sp³-hybridized carbons (Fsp3) is 0.150. The van der Waals surface area contributed by atoms with E-state index < -0.39 is 77.7 Å². The van der Waals surface area contributed by atoms with Gasteiger partial charge in [0.1, 0.15) is 103 Å². The lowest BCUT2D eigenvalue weighted by molar-refractivity contribution is 0.0196. The molecule has 98 heavy (non-hydrogen) atoms. The largest absolute Gasteiger partial charge is 0.508 e. The summed E-state index contributed by atoms with van der Waals surface area (Å²) in [7, 11) is 0. The molecule has 0 aliphatic carbocycles. The van der Waals surface area contributed by atoms with Crippen LogP contribution >= 0.6 is 0 Å². The molecular formula is C80H70O18. The first-order chi connectivity index (χ1) is 50.0. The monoisotopic (exact) mass is 1320 g/mol. The molecule has 10 N–H and O–H groups in total. The lowest BCUT2D eigenvalue weighted by Crippen LogP contribution is -2.30. The highest BCUT2D eigenvalue weighted by molar-refractivity contribution is 5.71. The van der Waals surface area contributed by atoms with Crippen molar-refractivity contribution in [3.05, 3.63) is 310 Å². The van der Waals surface area contributed by atoms with E-state index in [0.717, 1.165) is 76.3 Å². The number of hydrogen-bond donors (Lipinski definition) is 10. The molecule has 0 fully saturated rings. The third-order valence-corrected chi connectivity index (χ3v) is 15.4. The Morgan fingerprint density at radius 2 is 0.755 bits per heavy atom. The normalized spacial score (nSPS) is 21.0. The van der Waals surface area contributed by atoms with Gasteiger partial charge in [-0.3, -0.25) is 0 Å². The molecule has 0 radical (unpaired) electrons. The molecule has 18 nitrogen and oxygen atoms in total. The second-order valence-electron chi connectivity index (χ2n) is 22.5. The van der Waals surface area contributed by atoms with Gasteiger partial charge in [-0.2, -0.15) is 0 Å². The van der Waals surface area contributed by atoms with Crippen LogP contribution in [0.2, 0.25) is 0 Å². The Kier molecular flexibility index (Phi) is 18.2. The van der Waals surface area contributed by atoms with Gasteiger partial charge >= 0.3 is 0 Å². The highest BCUT2D eigenvalue weighted by Crippen LogP contribution is 2.48. The number of ether oxygens (including phenoxy) is 8. The standard InChI is InChI=1S/C50H42O6.2C15H14O6/c1-6-16-37(17-7-1)32-51-43-29-46(53-34-39-20-10-3-11-21-39)44-31-49(55-36-41-24-14-5-15-25-41)50(56-47(44)30-43)42-26-27-45(52-33-38-18-8-2-9-19-38)48(28-42)54-35-40-22-12-4-13-23-40;2*16-8-4-11(18)9-6-13(20)15(21-14(9)5-8)7-1-2-10(17)12(19)3-7/h1-31,50H,32-36H2;2*1-5,13,15-20H,6H2/t;2*13-,15?/m.10/s1/i31D,50D;2*6D,15D/t;2*6?,13-,15?. The molecule has 0 saturated heterocycles. The zero-order valence-electron chi connectivity index (χ0n) is 58.2. The van der Waals surface area contributed by atoms with E-state index in [2.05, 4.69) is 0 Å². The number of phenolic OH excluding ortho intramolecular Hbond substituents is 8. The van der Waals surface area contributed by atoms with Crippen molar-refractivity contribution in [3.63, 3.8) is 0 Å². The second-order valence-corrected chi connectivity index (χ2v) is 22.5. The van der Waals surface area contributed by atoms with Gasteiger partial charge in [0.05, 0.1) is 23.3 Å². The maximum absolute atomic E-state index is 10.3. The number of aliphatic hydroxyl groups excluding tert-OH is 2. The van der Waals surface area contributed by atoms with E-state index in [-0.39, 0.29) is 82.6 Å². The van der Waals surface area contributed by atoms with Crippen LogP contribution < -0.4 is 33.2 Å². The van der Waals surface area contributed by atoms with Crippen LogP contribution in [-0.4, -0.2) is 63.3 Å². The van der Waals surface area contributed by atoms with Crippen LogP contribution in [0.1, 0.15) is 87.7 Å². The molecule has 0 spiro atoms. The van der Waals surface area contributed by atoms with Gasteiger partial charge in [-0.25, -0.2) is 0 Å². The van der Waals surface area contributed by atoms with Crippen molar-refractivity contribution >= 4 is 6.05 Å². The zero-order chi connectivity index (χ0) is 73.5. The number of rotatable bonds is 18. The Labute approximate surface area is 573 Å². The molecule has 0 bridgehead atoms. The Bertz CT molecular complexity index is 4740. The van der Waals surface area contributed by atoms with E-state index in [4.69, 9.17) is 43.4 Å². The highest BCUT2D eigenvalue weighted by atomic mass is 16.5. The first-order valence-electron chi connectivity index (χ1n) is 34.0. The Morgan fingerprint density at radius 1 is 0.357 bits per heavy atom. The summed E-state index contributed by atoms with van der Waals surface area (Å²) in [5.41, 5.74) is 5.44. The van der Waals surface area contributed by atoms with Crippen LogP contribution in [0.15, 0.2) is 248 Å². The molecule has 11 aromatic carbocycles. The average molecular weight is 1330 g/mol. The van der Waals surface area contributed by atoms with Gasteiger partial charge in [-0.05, 0) is 81.4 Å². The molecule has 18 heteroatoms.